The summed E-state index contributed by atoms with van der Waals surface area (Å²) in [5.41, 5.74) is 2.47. The van der Waals surface area contributed by atoms with Crippen molar-refractivity contribution in [3.05, 3.63) is 60.3 Å². The number of nitrogens with one attached hydrogen (secondary N) is 2. The van der Waals surface area contributed by atoms with E-state index in [2.05, 4.69) is 25.4 Å². The molecule has 1 fully saturated rings. The number of amides is 1. The summed E-state index contributed by atoms with van der Waals surface area (Å²) in [5.74, 6) is 2.13. The van der Waals surface area contributed by atoms with E-state index in [4.69, 9.17) is 4.74 Å². The van der Waals surface area contributed by atoms with E-state index in [0.717, 1.165) is 48.9 Å². The number of hydrogen-bond acceptors (Lipinski definition) is 5. The van der Waals surface area contributed by atoms with Gasteiger partial charge < -0.3 is 15.0 Å². The highest BCUT2D eigenvalue weighted by Gasteiger charge is 2.22. The third-order valence-electron chi connectivity index (χ3n) is 5.35. The maximum absolute atomic E-state index is 12.3. The number of piperidine rings is 1. The van der Waals surface area contributed by atoms with Crippen LogP contribution in [0.4, 0.5) is 5.82 Å². The minimum absolute atomic E-state index is 0.0395. The second-order valence-electron chi connectivity index (χ2n) is 7.22. The van der Waals surface area contributed by atoms with Crippen LogP contribution < -0.4 is 15.0 Å². The van der Waals surface area contributed by atoms with Crippen molar-refractivity contribution in [1.29, 1.82) is 0 Å². The molecule has 0 radical (unpaired) electrons. The molecule has 3 heterocycles. The first kappa shape index (κ1) is 19.0. The number of methoxy groups -OCH3 is 1. The molecular weight excluding hydrogens is 366 g/mol. The van der Waals surface area contributed by atoms with Crippen LogP contribution in [0, 0.1) is 5.92 Å². The van der Waals surface area contributed by atoms with Crippen molar-refractivity contribution >= 4 is 11.7 Å². The summed E-state index contributed by atoms with van der Waals surface area (Å²) >= 11 is 0. The highest BCUT2D eigenvalue weighted by Crippen LogP contribution is 2.25. The van der Waals surface area contributed by atoms with Crippen LogP contribution in [0.3, 0.4) is 0 Å². The third kappa shape index (κ3) is 4.56. The van der Waals surface area contributed by atoms with Gasteiger partial charge >= 0.3 is 0 Å². The first-order chi connectivity index (χ1) is 14.2. The number of rotatable bonds is 6. The zero-order valence-corrected chi connectivity index (χ0v) is 16.5. The highest BCUT2D eigenvalue weighted by atomic mass is 16.5. The molecule has 4 rings (SSSR count). The molecule has 0 bridgehead atoms. The average molecular weight is 391 g/mol. The molecule has 0 aliphatic carbocycles. The van der Waals surface area contributed by atoms with Crippen LogP contribution in [-0.4, -0.2) is 47.8 Å². The Bertz CT molecular complexity index is 931. The summed E-state index contributed by atoms with van der Waals surface area (Å²) in [6.45, 7) is 2.55. The average Bonchev–Trinajstić information content (AvgIpc) is 3.29. The van der Waals surface area contributed by atoms with Crippen molar-refractivity contribution in [2.75, 3.05) is 31.6 Å². The van der Waals surface area contributed by atoms with E-state index in [1.807, 2.05) is 24.3 Å². The Hall–Kier alpha value is -3.35. The lowest BCUT2D eigenvalue weighted by atomic mass is 9.96. The molecule has 0 atom stereocenters. The number of nitrogens with zero attached hydrogens (tertiary/aromatic N) is 3. The molecule has 2 aromatic heterocycles. The van der Waals surface area contributed by atoms with Gasteiger partial charge in [-0.25, -0.2) is 0 Å². The van der Waals surface area contributed by atoms with E-state index in [1.54, 1.807) is 37.6 Å². The summed E-state index contributed by atoms with van der Waals surface area (Å²) in [6, 6.07) is 15.1. The minimum atomic E-state index is -0.0395. The second-order valence-corrected chi connectivity index (χ2v) is 7.22. The van der Waals surface area contributed by atoms with Crippen LogP contribution in [-0.2, 0) is 0 Å². The van der Waals surface area contributed by atoms with E-state index in [9.17, 15) is 4.79 Å². The molecule has 7 nitrogen and oxygen atoms in total. The van der Waals surface area contributed by atoms with Crippen LogP contribution in [0.1, 0.15) is 23.2 Å². The lowest BCUT2D eigenvalue weighted by molar-refractivity contribution is 0.0945. The Morgan fingerprint density at radius 1 is 1.21 bits per heavy atom. The molecule has 1 aliphatic heterocycles. The molecule has 2 N–H and O–H groups in total. The van der Waals surface area contributed by atoms with Crippen molar-refractivity contribution < 1.29 is 9.53 Å². The normalized spacial score (nSPS) is 14.6. The van der Waals surface area contributed by atoms with Crippen LogP contribution in [0.25, 0.3) is 11.4 Å². The molecule has 1 amide bonds. The Kier molecular flexibility index (Phi) is 5.74. The Labute approximate surface area is 170 Å². The molecule has 0 spiro atoms. The molecule has 1 aliphatic rings. The van der Waals surface area contributed by atoms with Crippen molar-refractivity contribution in [2.24, 2.45) is 5.92 Å². The number of aromatic nitrogens is 3. The van der Waals surface area contributed by atoms with Gasteiger partial charge in [0.1, 0.15) is 5.75 Å². The van der Waals surface area contributed by atoms with Crippen LogP contribution in [0.15, 0.2) is 54.7 Å². The number of pyridine rings is 1. The van der Waals surface area contributed by atoms with Crippen molar-refractivity contribution in [2.45, 2.75) is 12.8 Å². The van der Waals surface area contributed by atoms with E-state index in [0.29, 0.717) is 18.0 Å². The van der Waals surface area contributed by atoms with Gasteiger partial charge in [-0.15, -0.1) is 0 Å². The van der Waals surface area contributed by atoms with E-state index < -0.39 is 0 Å². The lowest BCUT2D eigenvalue weighted by Crippen LogP contribution is -2.38. The molecule has 150 valence electrons. The lowest BCUT2D eigenvalue weighted by Gasteiger charge is -2.32. The second kappa shape index (κ2) is 8.77. The van der Waals surface area contributed by atoms with Gasteiger partial charge in [-0.2, -0.15) is 5.10 Å². The maximum atomic E-state index is 12.3. The summed E-state index contributed by atoms with van der Waals surface area (Å²) in [7, 11) is 1.61. The fourth-order valence-corrected chi connectivity index (χ4v) is 3.57. The number of ether oxygens (including phenoxy) is 1. The molecule has 0 saturated carbocycles. The monoisotopic (exact) mass is 391 g/mol. The maximum Gasteiger partial charge on any atom is 0.251 e. The molecule has 1 saturated heterocycles. The van der Waals surface area contributed by atoms with Gasteiger partial charge in [0, 0.05) is 37.5 Å². The molecule has 29 heavy (non-hydrogen) atoms. The smallest absolute Gasteiger partial charge is 0.251 e. The quantitative estimate of drug-likeness (QED) is 0.675. The summed E-state index contributed by atoms with van der Waals surface area (Å²) in [5, 5.41) is 10.6. The number of aromatic amines is 1. The predicted molar refractivity (Wildman–Crippen MR) is 112 cm³/mol. The fourth-order valence-electron chi connectivity index (χ4n) is 3.57. The van der Waals surface area contributed by atoms with Crippen molar-refractivity contribution in [3.63, 3.8) is 0 Å². The zero-order chi connectivity index (χ0) is 20.1. The molecule has 1 aromatic carbocycles. The Balaban J connectivity index is 1.26. The standard InChI is InChI=1S/C22H25N5O2/c1-29-18-7-5-17(6-8-18)22(28)24-15-16-9-12-27(13-10-16)21-14-20(25-26-21)19-4-2-3-11-23-19/h2-8,11,14,16H,9-10,12-13,15H2,1H3,(H,24,28)(H,25,26). The largest absolute Gasteiger partial charge is 0.497 e. The highest BCUT2D eigenvalue weighted by molar-refractivity contribution is 5.94. The molecular formula is C22H25N5O2. The molecule has 7 heteroatoms. The summed E-state index contributed by atoms with van der Waals surface area (Å²) < 4.78 is 5.13. The molecule has 0 unspecified atom stereocenters. The first-order valence-corrected chi connectivity index (χ1v) is 9.87. The number of H-pyrrole nitrogens is 1. The number of hydrogen-bond donors (Lipinski definition) is 2. The Morgan fingerprint density at radius 3 is 2.69 bits per heavy atom. The minimum Gasteiger partial charge on any atom is -0.497 e. The SMILES string of the molecule is COc1ccc(C(=O)NCC2CCN(c3cc(-c4ccccn4)[nH]n3)CC2)cc1. The number of carbonyl (C=O) groups excluding carboxylic acids is 1. The topological polar surface area (TPSA) is 83.1 Å². The number of anilines is 1. The summed E-state index contributed by atoms with van der Waals surface area (Å²) in [6.07, 6.45) is 3.82. The zero-order valence-electron chi connectivity index (χ0n) is 16.5. The van der Waals surface area contributed by atoms with Gasteiger partial charge in [0.05, 0.1) is 18.5 Å². The van der Waals surface area contributed by atoms with Gasteiger partial charge in [-0.05, 0) is 55.2 Å². The van der Waals surface area contributed by atoms with Gasteiger partial charge in [0.25, 0.3) is 5.91 Å². The third-order valence-corrected chi connectivity index (χ3v) is 5.35. The van der Waals surface area contributed by atoms with Crippen LogP contribution >= 0.6 is 0 Å². The van der Waals surface area contributed by atoms with Gasteiger partial charge in [-0.3, -0.25) is 14.9 Å². The van der Waals surface area contributed by atoms with E-state index in [-0.39, 0.29) is 5.91 Å². The van der Waals surface area contributed by atoms with Crippen LogP contribution in [0.5, 0.6) is 5.75 Å². The van der Waals surface area contributed by atoms with Crippen molar-refractivity contribution in [1.82, 2.24) is 20.5 Å². The van der Waals surface area contributed by atoms with Gasteiger partial charge in [0.15, 0.2) is 5.82 Å². The van der Waals surface area contributed by atoms with E-state index in [1.165, 1.54) is 0 Å². The first-order valence-electron chi connectivity index (χ1n) is 9.87. The van der Waals surface area contributed by atoms with Gasteiger partial charge in [0.2, 0.25) is 0 Å². The number of carbonyl (C=O) groups is 1. The summed E-state index contributed by atoms with van der Waals surface area (Å²) in [4.78, 5) is 19.0. The van der Waals surface area contributed by atoms with Crippen LogP contribution in [0.2, 0.25) is 0 Å². The fraction of sp³-hybridized carbons (Fsp3) is 0.318. The van der Waals surface area contributed by atoms with E-state index >= 15 is 0 Å². The van der Waals surface area contributed by atoms with Crippen molar-refractivity contribution in [3.8, 4) is 17.1 Å². The van der Waals surface area contributed by atoms with Gasteiger partial charge in [-0.1, -0.05) is 6.07 Å². The Morgan fingerprint density at radius 2 is 2.00 bits per heavy atom. The number of benzene rings is 1. The molecule has 3 aromatic rings. The predicted octanol–water partition coefficient (Wildman–Crippen LogP) is 3.13.